The lowest BCUT2D eigenvalue weighted by molar-refractivity contribution is -0.140. The Labute approximate surface area is 364 Å². The van der Waals surface area contributed by atoms with Crippen LogP contribution >= 0.6 is 0 Å². The molecular formula is C51H80O5Si3. The molecule has 0 aliphatic carbocycles. The summed E-state index contributed by atoms with van der Waals surface area (Å²) in [7, 11) is -5.54. The molecule has 8 heteroatoms. The van der Waals surface area contributed by atoms with E-state index in [4.69, 9.17) is 18.0 Å². The van der Waals surface area contributed by atoms with E-state index in [1.54, 1.807) is 0 Å². The van der Waals surface area contributed by atoms with Crippen molar-refractivity contribution in [3.05, 3.63) is 109 Å². The normalized spacial score (nSPS) is 15.2. The maximum atomic E-state index is 11.3. The molecule has 0 amide bonds. The standard InChI is InChI=1S/C51H80O5Si3/c1-16-46(55-57(12,13)49(2,3)4)47(56-58(14,15)50(5,6)7)41-33-24-28-36-43(35-27-22-20-18-17-19-21-23-34-42-48(52)53-11)54-59(51(8,9)10,44-37-29-25-30-38-44)45-39-31-26-32-40-45/h17-18,21-23,25-32,36-40,43,46-47H,16,19-20,34-35,41-42H2,1-15H3/b18-17-,23-21-,27-22-,36-28+/t43-,46+,47+/m1/s1. The van der Waals surface area contributed by atoms with Crippen LogP contribution in [0.4, 0.5) is 0 Å². The van der Waals surface area contributed by atoms with E-state index in [0.29, 0.717) is 19.3 Å². The average Bonchev–Trinajstić information content (AvgIpc) is 3.16. The fourth-order valence-corrected chi connectivity index (χ4v) is 13.9. The van der Waals surface area contributed by atoms with Gasteiger partial charge in [0.1, 0.15) is 0 Å². The Morgan fingerprint density at radius 2 is 1.14 bits per heavy atom. The van der Waals surface area contributed by atoms with E-state index in [2.05, 4.69) is 204 Å². The minimum atomic E-state index is -2.82. The third kappa shape index (κ3) is 16.4. The first-order valence-corrected chi connectivity index (χ1v) is 29.6. The Balaban J connectivity index is 2.49. The molecule has 2 aromatic rings. The molecule has 59 heavy (non-hydrogen) atoms. The zero-order valence-electron chi connectivity index (χ0n) is 39.6. The molecule has 2 rings (SSSR count). The number of carbonyl (C=O) groups is 1. The van der Waals surface area contributed by atoms with Crippen molar-refractivity contribution in [2.45, 2.75) is 174 Å². The number of rotatable bonds is 21. The third-order valence-electron chi connectivity index (χ3n) is 12.0. The fourth-order valence-electron chi connectivity index (χ4n) is 6.43. The first-order chi connectivity index (χ1) is 27.5. The molecule has 0 N–H and O–H groups in total. The highest BCUT2D eigenvalue weighted by atomic mass is 28.4. The van der Waals surface area contributed by atoms with Gasteiger partial charge in [-0.3, -0.25) is 4.79 Å². The SMILES string of the molecule is CC[C@H](O[Si](C)(C)C(C)(C)C)[C@H](CC#C/C=C/[C@@H](C/C=C\C/C=C\C/C=C\CCC(=O)OC)O[Si](c1ccccc1)(c1ccccc1)C(C)(C)C)O[Si](C)(C)C(C)(C)C. The van der Waals surface area contributed by atoms with Crippen molar-refractivity contribution < 1.29 is 22.8 Å². The molecule has 0 fully saturated rings. The molecule has 0 spiro atoms. The Morgan fingerprint density at radius 3 is 1.59 bits per heavy atom. The second kappa shape index (κ2) is 23.8. The maximum Gasteiger partial charge on any atom is 0.305 e. The summed E-state index contributed by atoms with van der Waals surface area (Å²) in [4.78, 5) is 11.3. The molecule has 0 aliphatic heterocycles. The highest BCUT2D eigenvalue weighted by Gasteiger charge is 2.51. The van der Waals surface area contributed by atoms with Gasteiger partial charge in [0.15, 0.2) is 16.6 Å². The first-order valence-electron chi connectivity index (χ1n) is 21.8. The van der Waals surface area contributed by atoms with Crippen molar-refractivity contribution in [2.24, 2.45) is 0 Å². The van der Waals surface area contributed by atoms with Gasteiger partial charge >= 0.3 is 5.97 Å². The smallest absolute Gasteiger partial charge is 0.305 e. The van der Waals surface area contributed by atoms with E-state index >= 15 is 0 Å². The Bertz CT molecular complexity index is 1670. The number of allylic oxidation sites excluding steroid dienone is 6. The van der Waals surface area contributed by atoms with E-state index in [9.17, 15) is 4.79 Å². The van der Waals surface area contributed by atoms with Crippen LogP contribution in [0.1, 0.15) is 114 Å². The maximum absolute atomic E-state index is 11.3. The van der Waals surface area contributed by atoms with Crippen molar-refractivity contribution in [3.63, 3.8) is 0 Å². The summed E-state index contributed by atoms with van der Waals surface area (Å²) in [6.07, 6.45) is 21.8. The van der Waals surface area contributed by atoms with Crippen LogP contribution in [0.15, 0.2) is 109 Å². The van der Waals surface area contributed by atoms with E-state index in [-0.39, 0.29) is 39.4 Å². The average molecular weight is 857 g/mol. The number of esters is 1. The fraction of sp³-hybridized carbons (Fsp3) is 0.549. The zero-order valence-corrected chi connectivity index (χ0v) is 42.6. The summed E-state index contributed by atoms with van der Waals surface area (Å²) in [6.45, 7) is 32.3. The quantitative estimate of drug-likeness (QED) is 0.0542. The molecular weight excluding hydrogens is 777 g/mol. The number of carbonyl (C=O) groups excluding carboxylic acids is 1. The van der Waals surface area contributed by atoms with Crippen LogP contribution in [0, 0.1) is 11.8 Å². The Hall–Kier alpha value is -3.04. The molecule has 0 bridgehead atoms. The topological polar surface area (TPSA) is 54.0 Å². The summed E-state index contributed by atoms with van der Waals surface area (Å²) in [5, 5.41) is 2.54. The van der Waals surface area contributed by atoms with Crippen LogP contribution in [-0.2, 0) is 22.8 Å². The van der Waals surface area contributed by atoms with Gasteiger partial charge in [-0.25, -0.2) is 0 Å². The molecule has 0 aliphatic rings. The summed E-state index contributed by atoms with van der Waals surface area (Å²) in [6, 6.07) is 21.7. The second-order valence-corrected chi connectivity index (χ2v) is 33.4. The lowest BCUT2D eigenvalue weighted by Crippen LogP contribution is -2.67. The van der Waals surface area contributed by atoms with Gasteiger partial charge in [-0.05, 0) is 95.9 Å². The number of ether oxygens (including phenoxy) is 1. The number of benzene rings is 2. The lowest BCUT2D eigenvalue weighted by Gasteiger charge is -2.44. The van der Waals surface area contributed by atoms with Gasteiger partial charge in [0, 0.05) is 12.8 Å². The minimum absolute atomic E-state index is 0.0173. The van der Waals surface area contributed by atoms with Crippen molar-refractivity contribution in [1.82, 2.24) is 0 Å². The second-order valence-electron chi connectivity index (χ2n) is 19.7. The van der Waals surface area contributed by atoms with Crippen molar-refractivity contribution in [2.75, 3.05) is 7.11 Å². The van der Waals surface area contributed by atoms with Gasteiger partial charge in [0.05, 0.1) is 25.4 Å². The molecule has 0 heterocycles. The van der Waals surface area contributed by atoms with Crippen molar-refractivity contribution >= 4 is 41.3 Å². The van der Waals surface area contributed by atoms with Gasteiger partial charge in [-0.15, -0.1) is 0 Å². The van der Waals surface area contributed by atoms with E-state index in [1.165, 1.54) is 17.5 Å². The highest BCUT2D eigenvalue weighted by molar-refractivity contribution is 6.99. The molecule has 2 aromatic carbocycles. The Morgan fingerprint density at radius 1 is 0.661 bits per heavy atom. The molecule has 0 aromatic heterocycles. The zero-order chi connectivity index (χ0) is 44.4. The summed E-state index contributed by atoms with van der Waals surface area (Å²) in [5.74, 6) is 6.77. The summed E-state index contributed by atoms with van der Waals surface area (Å²) >= 11 is 0. The summed E-state index contributed by atoms with van der Waals surface area (Å²) in [5.41, 5.74) is 0. The van der Waals surface area contributed by atoms with E-state index < -0.39 is 25.0 Å². The molecule has 0 saturated carbocycles. The van der Waals surface area contributed by atoms with Crippen LogP contribution < -0.4 is 10.4 Å². The summed E-state index contributed by atoms with van der Waals surface area (Å²) < 4.78 is 26.5. The van der Waals surface area contributed by atoms with Crippen LogP contribution in [0.2, 0.25) is 41.3 Å². The van der Waals surface area contributed by atoms with Crippen molar-refractivity contribution in [1.29, 1.82) is 0 Å². The van der Waals surface area contributed by atoms with Crippen molar-refractivity contribution in [3.8, 4) is 11.8 Å². The number of hydrogen-bond donors (Lipinski definition) is 0. The van der Waals surface area contributed by atoms with Gasteiger partial charge in [-0.2, -0.15) is 0 Å². The van der Waals surface area contributed by atoms with Crippen LogP contribution in [-0.4, -0.2) is 56.3 Å². The monoisotopic (exact) mass is 857 g/mol. The molecule has 326 valence electrons. The molecule has 3 atom stereocenters. The lowest BCUT2D eigenvalue weighted by atomic mass is 10.1. The van der Waals surface area contributed by atoms with Gasteiger partial charge in [0.25, 0.3) is 8.32 Å². The molecule has 0 radical (unpaired) electrons. The predicted molar refractivity (Wildman–Crippen MR) is 261 cm³/mol. The highest BCUT2D eigenvalue weighted by Crippen LogP contribution is 2.42. The Kier molecular flexibility index (Phi) is 21.0. The number of hydrogen-bond acceptors (Lipinski definition) is 5. The molecule has 0 saturated heterocycles. The van der Waals surface area contributed by atoms with E-state index in [0.717, 1.165) is 25.7 Å². The first kappa shape index (κ1) is 52.1. The predicted octanol–water partition coefficient (Wildman–Crippen LogP) is 12.9. The third-order valence-corrected chi connectivity index (χ3v) is 26.1. The largest absolute Gasteiger partial charge is 0.469 e. The molecule has 0 unspecified atom stereocenters. The molecule has 5 nitrogen and oxygen atoms in total. The van der Waals surface area contributed by atoms with Gasteiger partial charge < -0.3 is 18.0 Å². The van der Waals surface area contributed by atoms with E-state index in [1.807, 2.05) is 12.2 Å². The van der Waals surface area contributed by atoms with Gasteiger partial charge in [-0.1, -0.05) is 178 Å². The van der Waals surface area contributed by atoms with Crippen LogP contribution in [0.3, 0.4) is 0 Å². The van der Waals surface area contributed by atoms with Crippen LogP contribution in [0.25, 0.3) is 0 Å². The minimum Gasteiger partial charge on any atom is -0.469 e. The number of methoxy groups -OCH3 is 1. The van der Waals surface area contributed by atoms with Gasteiger partial charge in [0.2, 0.25) is 0 Å². The van der Waals surface area contributed by atoms with Crippen LogP contribution in [0.5, 0.6) is 0 Å².